The van der Waals surface area contributed by atoms with Crippen molar-refractivity contribution in [3.8, 4) is 67.5 Å². The van der Waals surface area contributed by atoms with Gasteiger partial charge in [0.05, 0.1) is 6.57 Å². The van der Waals surface area contributed by atoms with Crippen LogP contribution in [0.2, 0.25) is 15.1 Å². The van der Waals surface area contributed by atoms with E-state index < -0.39 is 5.24 Å². The topological polar surface area (TPSA) is 60.1 Å². The second kappa shape index (κ2) is 23.1. The van der Waals surface area contributed by atoms with Crippen molar-refractivity contribution in [1.29, 1.82) is 0 Å². The van der Waals surface area contributed by atoms with Crippen molar-refractivity contribution in [3.05, 3.63) is 232 Å². The quantitative estimate of drug-likeness (QED) is 0.118. The van der Waals surface area contributed by atoms with Gasteiger partial charge in [-0.3, -0.25) is 4.79 Å². The van der Waals surface area contributed by atoms with E-state index in [9.17, 15) is 4.79 Å². The highest BCUT2D eigenvalue weighted by Crippen LogP contribution is 2.35. The number of benzene rings is 8. The first-order valence-corrected chi connectivity index (χ1v) is 24.3. The monoisotopic (exact) mass is 1190 g/mol. The lowest BCUT2D eigenvalue weighted by Gasteiger charge is -2.12. The molecular formula is C53H30Br4Cl4N4O. The fraction of sp³-hybridized carbons (Fsp3) is 0. The molecule has 0 aliphatic rings. The number of carbonyl (C=O) groups excluding carboxylic acids is 1. The number of nitrogens with zero attached hydrogens (tertiary/aromatic N) is 4. The summed E-state index contributed by atoms with van der Waals surface area (Å²) in [5.41, 5.74) is 9.58. The molecule has 0 aliphatic heterocycles. The summed E-state index contributed by atoms with van der Waals surface area (Å²) in [6.45, 7) is 6.97. The van der Waals surface area contributed by atoms with Crippen LogP contribution in [-0.4, -0.2) is 20.2 Å². The molecule has 8 aromatic carbocycles. The Kier molecular flexibility index (Phi) is 17.2. The molecule has 0 bridgehead atoms. The zero-order valence-corrected chi connectivity index (χ0v) is 43.4. The van der Waals surface area contributed by atoms with Gasteiger partial charge in [-0.25, -0.2) is 19.8 Å². The van der Waals surface area contributed by atoms with Crippen LogP contribution in [0.5, 0.6) is 0 Å². The number of carbonyl (C=O) groups is 1. The van der Waals surface area contributed by atoms with E-state index in [1.54, 1.807) is 18.2 Å². The van der Waals surface area contributed by atoms with E-state index in [0.29, 0.717) is 43.8 Å². The van der Waals surface area contributed by atoms with Gasteiger partial charge < -0.3 is 0 Å². The molecule has 0 atom stereocenters. The summed E-state index contributed by atoms with van der Waals surface area (Å²) in [6, 6.07) is 58.3. The molecule has 9 rings (SSSR count). The van der Waals surface area contributed by atoms with Gasteiger partial charge in [-0.2, -0.15) is 0 Å². The first kappa shape index (κ1) is 48.9. The maximum Gasteiger partial charge on any atom is 0.252 e. The third-order valence-electron chi connectivity index (χ3n) is 9.49. The van der Waals surface area contributed by atoms with Crippen LogP contribution >= 0.6 is 110 Å². The standard InChI is InChI=1S/C33H19Br2Cl2N3.C13H8ClN.C7H3Br2ClO/c34-27-13-26(14-28(35)19-27)33-39-31(24-11-22(15-29(36)17-24)20-7-3-1-4-8-20)38-32(40-33)25-12-23(16-30(37)18-25)21-9-5-2-6-10-21;1-15-13-8-11(7-12(14)9-13)10-5-3-2-4-6-10;8-5-1-4(7(10)11)2-6(9)3-5/h1-19H;2-9H;1-3H. The largest absolute Gasteiger partial charge is 0.276 e. The number of hydrogen-bond acceptors (Lipinski definition) is 4. The Morgan fingerprint density at radius 2 is 0.712 bits per heavy atom. The summed E-state index contributed by atoms with van der Waals surface area (Å²) in [5, 5.41) is 1.34. The van der Waals surface area contributed by atoms with Crippen molar-refractivity contribution >= 4 is 121 Å². The van der Waals surface area contributed by atoms with Gasteiger partial charge in [-0.15, -0.1) is 0 Å². The molecule has 0 N–H and O–H groups in total. The summed E-state index contributed by atoms with van der Waals surface area (Å²) in [4.78, 5) is 28.8. The Morgan fingerprint density at radius 1 is 0.394 bits per heavy atom. The van der Waals surface area contributed by atoms with E-state index in [1.165, 1.54) is 0 Å². The van der Waals surface area contributed by atoms with E-state index in [2.05, 4.69) is 92.8 Å². The molecule has 13 heteroatoms. The van der Waals surface area contributed by atoms with E-state index in [1.807, 2.05) is 140 Å². The van der Waals surface area contributed by atoms with Crippen molar-refractivity contribution < 1.29 is 4.79 Å². The Balaban J connectivity index is 0.000000202. The SMILES string of the molecule is Clc1cc(-c2ccccc2)cc(-c2nc(-c3cc(Br)cc(Br)c3)nc(-c3cc(Cl)cc(-c4ccccc4)c3)n2)c1.O=C(Cl)c1cc(Br)cc(Br)c1.[C-]#[N+]c1cc(Cl)cc(-c2ccccc2)c1. The zero-order valence-electron chi connectivity index (χ0n) is 34.0. The van der Waals surface area contributed by atoms with Crippen molar-refractivity contribution in [2.75, 3.05) is 0 Å². The normalized spacial score (nSPS) is 10.5. The minimum atomic E-state index is -0.452. The number of rotatable bonds is 7. The van der Waals surface area contributed by atoms with E-state index >= 15 is 0 Å². The van der Waals surface area contributed by atoms with Crippen LogP contribution in [0.25, 0.3) is 72.4 Å². The molecule has 1 aromatic heterocycles. The minimum Gasteiger partial charge on any atom is -0.276 e. The van der Waals surface area contributed by atoms with Crippen molar-refractivity contribution in [2.45, 2.75) is 0 Å². The Bertz CT molecular complexity index is 3080. The van der Waals surface area contributed by atoms with Crippen LogP contribution in [0.4, 0.5) is 5.69 Å². The molecule has 0 radical (unpaired) electrons. The number of halogens is 8. The van der Waals surface area contributed by atoms with Gasteiger partial charge in [0.1, 0.15) is 0 Å². The average Bonchev–Trinajstić information content (AvgIpc) is 3.31. The summed E-state index contributed by atoms with van der Waals surface area (Å²) >= 11 is 38.1. The predicted octanol–water partition coefficient (Wildman–Crippen LogP) is 19.2. The second-order valence-electron chi connectivity index (χ2n) is 14.3. The molecule has 66 heavy (non-hydrogen) atoms. The number of hydrogen-bond donors (Lipinski definition) is 0. The lowest BCUT2D eigenvalue weighted by molar-refractivity contribution is 0.108. The van der Waals surface area contributed by atoms with Crippen LogP contribution < -0.4 is 0 Å². The summed E-state index contributed by atoms with van der Waals surface area (Å²) in [5.74, 6) is 1.55. The number of aromatic nitrogens is 3. The van der Waals surface area contributed by atoms with Crippen LogP contribution in [0.3, 0.4) is 0 Å². The highest BCUT2D eigenvalue weighted by atomic mass is 79.9. The fourth-order valence-corrected chi connectivity index (χ4v) is 9.98. The maximum atomic E-state index is 10.7. The highest BCUT2D eigenvalue weighted by Gasteiger charge is 2.16. The van der Waals surface area contributed by atoms with E-state index in [-0.39, 0.29) is 0 Å². The van der Waals surface area contributed by atoms with Gasteiger partial charge >= 0.3 is 0 Å². The van der Waals surface area contributed by atoms with Crippen molar-refractivity contribution in [3.63, 3.8) is 0 Å². The Labute approximate surface area is 436 Å². The van der Waals surface area contributed by atoms with E-state index in [0.717, 1.165) is 68.0 Å². The zero-order chi connectivity index (χ0) is 46.7. The van der Waals surface area contributed by atoms with Crippen LogP contribution in [0, 0.1) is 6.57 Å². The third kappa shape index (κ3) is 13.6. The van der Waals surface area contributed by atoms with Gasteiger partial charge in [-0.1, -0.05) is 190 Å². The molecule has 324 valence electrons. The molecule has 1 heterocycles. The van der Waals surface area contributed by atoms with Gasteiger partial charge in [0.25, 0.3) is 5.24 Å². The molecule has 5 nitrogen and oxygen atoms in total. The third-order valence-corrected chi connectivity index (χ3v) is 12.2. The van der Waals surface area contributed by atoms with Crippen LogP contribution in [0.15, 0.2) is 200 Å². The fourth-order valence-electron chi connectivity index (χ4n) is 6.58. The predicted molar refractivity (Wildman–Crippen MR) is 288 cm³/mol. The lowest BCUT2D eigenvalue weighted by atomic mass is 10.0. The lowest BCUT2D eigenvalue weighted by Crippen LogP contribution is -2.01. The Hall–Kier alpha value is -4.99. The smallest absolute Gasteiger partial charge is 0.252 e. The summed E-state index contributed by atoms with van der Waals surface area (Å²) in [7, 11) is 0. The molecule has 0 aliphatic carbocycles. The van der Waals surface area contributed by atoms with E-state index in [4.69, 9.17) is 67.9 Å². The van der Waals surface area contributed by atoms with Crippen LogP contribution in [0.1, 0.15) is 10.4 Å². The van der Waals surface area contributed by atoms with Gasteiger partial charge in [-0.05, 0) is 136 Å². The summed E-state index contributed by atoms with van der Waals surface area (Å²) < 4.78 is 3.47. The molecule has 0 unspecified atom stereocenters. The molecule has 0 fully saturated rings. The second-order valence-corrected chi connectivity index (χ2v) is 19.6. The average molecular weight is 1200 g/mol. The van der Waals surface area contributed by atoms with Gasteiger partial charge in [0.15, 0.2) is 23.2 Å². The molecule has 0 saturated carbocycles. The first-order chi connectivity index (χ1) is 31.8. The first-order valence-electron chi connectivity index (χ1n) is 19.6. The van der Waals surface area contributed by atoms with Crippen molar-refractivity contribution in [2.24, 2.45) is 0 Å². The summed E-state index contributed by atoms with van der Waals surface area (Å²) in [6.07, 6.45) is 0. The maximum absolute atomic E-state index is 10.7. The van der Waals surface area contributed by atoms with Gasteiger partial charge in [0.2, 0.25) is 0 Å². The molecule has 9 aromatic rings. The van der Waals surface area contributed by atoms with Crippen LogP contribution in [-0.2, 0) is 0 Å². The molecular weight excluding hydrogens is 1170 g/mol. The van der Waals surface area contributed by atoms with Crippen molar-refractivity contribution in [1.82, 2.24) is 15.0 Å². The molecule has 0 amide bonds. The molecule has 0 spiro atoms. The Morgan fingerprint density at radius 3 is 1.08 bits per heavy atom. The highest BCUT2D eigenvalue weighted by molar-refractivity contribution is 9.11. The molecule has 0 saturated heterocycles. The van der Waals surface area contributed by atoms with Gasteiger partial charge in [0, 0.05) is 55.2 Å². The minimum absolute atomic E-state index is 0.452.